The van der Waals surface area contributed by atoms with Crippen molar-refractivity contribution in [2.75, 3.05) is 39.6 Å². The molecule has 0 amide bonds. The number of phosphoric ester groups is 2. The third kappa shape index (κ3) is 84.2. The first kappa shape index (κ1) is 104. The van der Waals surface area contributed by atoms with Gasteiger partial charge in [0, 0.05) is 19.3 Å². The lowest BCUT2D eigenvalue weighted by Crippen LogP contribution is -2.30. The van der Waals surface area contributed by atoms with Crippen molar-refractivity contribution in [2.45, 2.75) is 373 Å². The van der Waals surface area contributed by atoms with Gasteiger partial charge in [-0.1, -0.05) is 340 Å². The summed E-state index contributed by atoms with van der Waals surface area (Å²) in [6.07, 6.45) is 103. The number of hydrogen-bond donors (Lipinski definition) is 4. The van der Waals surface area contributed by atoms with Gasteiger partial charge in [-0.25, -0.2) is 9.13 Å². The summed E-state index contributed by atoms with van der Waals surface area (Å²) < 4.78 is 61.3. The van der Waals surface area contributed by atoms with Gasteiger partial charge in [0.25, 0.3) is 0 Å². The molecule has 0 aliphatic carbocycles. The molecule has 0 aromatic carbocycles. The van der Waals surface area contributed by atoms with Gasteiger partial charge in [0.05, 0.1) is 26.4 Å². The SMILES string of the molecule is CC/C=C\C/C=C\C/C=C\C/C=C\C/C=C\C/C=C\CCCCCCCCCCCCCCCCCCC(=O)OCC(O)COP(=O)(O)OCC(O)COP(=O)(O)OCC(COC(=O)CCCCCCCCC/C=C\C/C=C\C/C=C\C/C=C\C/C=C\CC)OC(=O)CCCCCCC/C=C\CCCCCCCC. The lowest BCUT2D eigenvalue weighted by molar-refractivity contribution is -0.161. The normalized spacial score (nSPS) is 14.6. The molecule has 0 fully saturated rings. The Labute approximate surface area is 664 Å². The van der Waals surface area contributed by atoms with E-state index in [-0.39, 0.29) is 19.3 Å². The van der Waals surface area contributed by atoms with Crippen LogP contribution in [-0.2, 0) is 55.8 Å². The van der Waals surface area contributed by atoms with Crippen molar-refractivity contribution in [1.82, 2.24) is 0 Å². The minimum Gasteiger partial charge on any atom is -0.463 e. The number of rotatable bonds is 81. The number of phosphoric acid groups is 2. The number of carbonyl (C=O) groups is 3. The van der Waals surface area contributed by atoms with Crippen molar-refractivity contribution in [3.8, 4) is 0 Å². The fourth-order valence-electron chi connectivity index (χ4n) is 11.5. The van der Waals surface area contributed by atoms with Crippen LogP contribution in [0.25, 0.3) is 0 Å². The maximum absolute atomic E-state index is 13.0. The number of allylic oxidation sites excluding steroid dienone is 24. The standard InChI is InChI=1S/C91H156O16P2/c1-4-7-10-13-16-19-22-25-28-30-32-34-36-37-38-39-40-41-42-43-44-45-46-47-49-51-52-54-57-59-62-65-68-71-74-77-89(94)101-80-86(92)81-103-108(97,98)104-82-87(93)83-105-109(99,100)106-85-88(107-91(96)79-76-73-70-67-64-61-56-27-24-21-18-15-12-9-6-3)84-102-90(95)78-75-72-69-66-63-60-58-55-53-50-48-35-33-31-29-26-23-20-17-14-11-8-5-2/h7-8,10-11,16-17,19-20,25-29,32-35,37-38,40-41,50,53,56,86-88,92-93H,4-6,9,12-15,18,21-24,30-31,36,39,42-49,51-52,54-55,57-85H2,1-3H3,(H,97,98)(H,99,100)/b10-7-,11-8-,19-16-,20-17-,28-25-,29-26-,34-32-,35-33-,38-37-,41-40-,53-50-,56-27-. The van der Waals surface area contributed by atoms with E-state index in [2.05, 4.69) is 167 Å². The van der Waals surface area contributed by atoms with Crippen LogP contribution in [0.3, 0.4) is 0 Å². The Bertz CT molecular complexity index is 2560. The average Bonchev–Trinajstić information content (AvgIpc) is 0.902. The van der Waals surface area contributed by atoms with E-state index in [9.17, 15) is 43.5 Å². The van der Waals surface area contributed by atoms with Crippen molar-refractivity contribution in [2.24, 2.45) is 0 Å². The van der Waals surface area contributed by atoms with E-state index in [1.54, 1.807) is 0 Å². The molecule has 5 atom stereocenters. The predicted octanol–water partition coefficient (Wildman–Crippen LogP) is 26.0. The highest BCUT2D eigenvalue weighted by molar-refractivity contribution is 7.47. The molecule has 0 spiro atoms. The Morgan fingerprint density at radius 3 is 0.780 bits per heavy atom. The third-order valence-corrected chi connectivity index (χ3v) is 19.9. The Balaban J connectivity index is 4.45. The zero-order chi connectivity index (χ0) is 79.4. The van der Waals surface area contributed by atoms with Gasteiger partial charge in [-0.3, -0.25) is 32.5 Å². The predicted molar refractivity (Wildman–Crippen MR) is 454 cm³/mol. The number of esters is 3. The minimum absolute atomic E-state index is 0.0905. The van der Waals surface area contributed by atoms with Gasteiger partial charge in [0.15, 0.2) is 6.10 Å². The van der Waals surface area contributed by atoms with Crippen LogP contribution in [0.15, 0.2) is 146 Å². The second kappa shape index (κ2) is 82.9. The summed E-state index contributed by atoms with van der Waals surface area (Å²) in [6, 6.07) is 0. The Kier molecular flexibility index (Phi) is 79.4. The van der Waals surface area contributed by atoms with E-state index >= 15 is 0 Å². The number of hydrogen-bond acceptors (Lipinski definition) is 14. The zero-order valence-electron chi connectivity index (χ0n) is 68.7. The lowest BCUT2D eigenvalue weighted by Gasteiger charge is -2.21. The molecular weight excluding hydrogens is 1410 g/mol. The maximum atomic E-state index is 13.0. The van der Waals surface area contributed by atoms with Gasteiger partial charge in [0.1, 0.15) is 25.4 Å². The molecule has 16 nitrogen and oxygen atoms in total. The smallest absolute Gasteiger partial charge is 0.463 e. The molecule has 0 saturated carbocycles. The molecule has 626 valence electrons. The first-order valence-corrected chi connectivity index (χ1v) is 46.1. The Morgan fingerprint density at radius 2 is 0.486 bits per heavy atom. The van der Waals surface area contributed by atoms with Crippen LogP contribution in [0.1, 0.15) is 355 Å². The van der Waals surface area contributed by atoms with Crippen molar-refractivity contribution >= 4 is 33.6 Å². The second-order valence-corrected chi connectivity index (χ2v) is 31.5. The van der Waals surface area contributed by atoms with Gasteiger partial charge in [-0.05, 0) is 141 Å². The van der Waals surface area contributed by atoms with E-state index in [4.69, 9.17) is 32.3 Å². The molecule has 0 rings (SSSR count). The van der Waals surface area contributed by atoms with Crippen LogP contribution in [0.2, 0.25) is 0 Å². The van der Waals surface area contributed by atoms with Crippen LogP contribution in [0, 0.1) is 0 Å². The molecule has 18 heteroatoms. The van der Waals surface area contributed by atoms with Crippen LogP contribution in [-0.4, -0.2) is 95.9 Å². The van der Waals surface area contributed by atoms with Crippen molar-refractivity contribution < 1.29 is 75.8 Å². The minimum atomic E-state index is -4.94. The highest BCUT2D eigenvalue weighted by atomic mass is 31.2. The molecule has 4 N–H and O–H groups in total. The molecule has 0 aliphatic rings. The molecule has 0 saturated heterocycles. The average molecular weight is 1570 g/mol. The summed E-state index contributed by atoms with van der Waals surface area (Å²) in [4.78, 5) is 58.8. The van der Waals surface area contributed by atoms with E-state index in [1.165, 1.54) is 122 Å². The third-order valence-electron chi connectivity index (χ3n) is 18.0. The highest BCUT2D eigenvalue weighted by Crippen LogP contribution is 2.45. The summed E-state index contributed by atoms with van der Waals surface area (Å²) in [5.41, 5.74) is 0. The molecule has 0 bridgehead atoms. The van der Waals surface area contributed by atoms with E-state index in [1.807, 2.05) is 0 Å². The fraction of sp³-hybridized carbons (Fsp3) is 0.703. The summed E-state index contributed by atoms with van der Waals surface area (Å²) in [7, 11) is -9.80. The van der Waals surface area contributed by atoms with E-state index in [0.717, 1.165) is 173 Å². The van der Waals surface area contributed by atoms with Gasteiger partial charge < -0.3 is 34.2 Å². The molecule has 0 aliphatic heterocycles. The van der Waals surface area contributed by atoms with Crippen LogP contribution < -0.4 is 0 Å². The van der Waals surface area contributed by atoms with Gasteiger partial charge >= 0.3 is 33.6 Å². The molecule has 0 aromatic heterocycles. The van der Waals surface area contributed by atoms with E-state index in [0.29, 0.717) is 19.3 Å². The largest absolute Gasteiger partial charge is 0.472 e. The zero-order valence-corrected chi connectivity index (χ0v) is 70.5. The monoisotopic (exact) mass is 1570 g/mol. The van der Waals surface area contributed by atoms with Gasteiger partial charge in [0.2, 0.25) is 0 Å². The summed E-state index contributed by atoms with van der Waals surface area (Å²) in [5, 5.41) is 20.7. The first-order valence-electron chi connectivity index (χ1n) is 43.1. The topological polar surface area (TPSA) is 231 Å². The Morgan fingerprint density at radius 1 is 0.266 bits per heavy atom. The van der Waals surface area contributed by atoms with Crippen molar-refractivity contribution in [3.05, 3.63) is 146 Å². The van der Waals surface area contributed by atoms with Gasteiger partial charge in [-0.15, -0.1) is 0 Å². The van der Waals surface area contributed by atoms with Gasteiger partial charge in [-0.2, -0.15) is 0 Å². The first-order chi connectivity index (χ1) is 53.2. The Hall–Kier alpha value is -4.57. The number of aliphatic hydroxyl groups excluding tert-OH is 2. The summed E-state index contributed by atoms with van der Waals surface area (Å²) in [6.45, 7) is 2.46. The maximum Gasteiger partial charge on any atom is 0.472 e. The van der Waals surface area contributed by atoms with E-state index < -0.39 is 91.5 Å². The summed E-state index contributed by atoms with van der Waals surface area (Å²) >= 11 is 0. The number of aliphatic hydroxyl groups is 2. The quantitative estimate of drug-likeness (QED) is 0.0146. The molecule has 0 radical (unpaired) electrons. The molecule has 5 unspecified atom stereocenters. The number of unbranched alkanes of at least 4 members (excludes halogenated alkanes) is 34. The molecule has 0 aromatic rings. The van der Waals surface area contributed by atoms with Crippen LogP contribution in [0.4, 0.5) is 0 Å². The van der Waals surface area contributed by atoms with Crippen molar-refractivity contribution in [1.29, 1.82) is 0 Å². The van der Waals surface area contributed by atoms with Crippen LogP contribution >= 0.6 is 15.6 Å². The number of ether oxygens (including phenoxy) is 3. The highest BCUT2D eigenvalue weighted by Gasteiger charge is 2.29. The molecular formula is C91H156O16P2. The molecule has 109 heavy (non-hydrogen) atoms. The van der Waals surface area contributed by atoms with Crippen LogP contribution in [0.5, 0.6) is 0 Å². The molecule has 0 heterocycles. The van der Waals surface area contributed by atoms with Crippen molar-refractivity contribution in [3.63, 3.8) is 0 Å². The second-order valence-electron chi connectivity index (χ2n) is 28.6. The lowest BCUT2D eigenvalue weighted by atomic mass is 10.0. The fourth-order valence-corrected chi connectivity index (χ4v) is 13.1. The summed E-state index contributed by atoms with van der Waals surface area (Å²) in [5.74, 6) is -1.59. The number of carbonyl (C=O) groups excluding carboxylic acids is 3.